The molecule has 0 saturated heterocycles. The van der Waals surface area contributed by atoms with Crippen LogP contribution in [0.1, 0.15) is 37.4 Å². The topological polar surface area (TPSA) is 43.4 Å². The summed E-state index contributed by atoms with van der Waals surface area (Å²) < 4.78 is 5.11. The molecular weight excluding hydrogens is 240 g/mol. The van der Waals surface area contributed by atoms with Crippen molar-refractivity contribution in [2.75, 3.05) is 7.11 Å². The predicted octanol–water partition coefficient (Wildman–Crippen LogP) is 2.78. The normalized spacial score (nSPS) is 12.9. The van der Waals surface area contributed by atoms with Gasteiger partial charge in [0.2, 0.25) is 0 Å². The lowest BCUT2D eigenvalue weighted by Gasteiger charge is -2.18. The van der Waals surface area contributed by atoms with Crippen LogP contribution < -0.4 is 4.74 Å². The quantitative estimate of drug-likeness (QED) is 0.669. The summed E-state index contributed by atoms with van der Waals surface area (Å²) in [6.45, 7) is 1.90. The van der Waals surface area contributed by atoms with Crippen molar-refractivity contribution in [2.24, 2.45) is 0 Å². The maximum Gasteiger partial charge on any atom is 0.194 e. The molecule has 19 heavy (non-hydrogen) atoms. The Bertz CT molecular complexity index is 714. The van der Waals surface area contributed by atoms with Crippen LogP contribution in [0.2, 0.25) is 0 Å². The van der Waals surface area contributed by atoms with Crippen molar-refractivity contribution >= 4 is 11.6 Å². The van der Waals surface area contributed by atoms with Crippen LogP contribution in [-0.2, 0) is 0 Å². The Hall–Kier alpha value is -2.42. The second-order valence-electron chi connectivity index (χ2n) is 4.62. The number of carbonyl (C=O) groups excluding carboxylic acids is 2. The van der Waals surface area contributed by atoms with Gasteiger partial charge in [-0.05, 0) is 31.2 Å². The van der Waals surface area contributed by atoms with Crippen LogP contribution in [-0.4, -0.2) is 18.7 Å². The summed E-state index contributed by atoms with van der Waals surface area (Å²) in [5, 5.41) is 0. The first-order valence-electron chi connectivity index (χ1n) is 6.00. The maximum absolute atomic E-state index is 12.4. The summed E-state index contributed by atoms with van der Waals surface area (Å²) in [6, 6.07) is 10.3. The molecular formula is C16H12O3. The number of benzene rings is 2. The van der Waals surface area contributed by atoms with E-state index in [-0.39, 0.29) is 11.6 Å². The highest BCUT2D eigenvalue weighted by molar-refractivity contribution is 6.28. The number of methoxy groups -OCH3 is 1. The van der Waals surface area contributed by atoms with E-state index < -0.39 is 0 Å². The summed E-state index contributed by atoms with van der Waals surface area (Å²) in [6.07, 6.45) is 0. The lowest BCUT2D eigenvalue weighted by atomic mass is 9.83. The molecule has 3 rings (SSSR count). The number of ketones is 2. The Morgan fingerprint density at radius 3 is 2.00 bits per heavy atom. The van der Waals surface area contributed by atoms with E-state index in [0.29, 0.717) is 28.0 Å². The fraction of sp³-hybridized carbons (Fsp3) is 0.125. The average Bonchev–Trinajstić information content (AvgIpc) is 2.44. The zero-order valence-electron chi connectivity index (χ0n) is 10.7. The minimum atomic E-state index is -0.122. The maximum atomic E-state index is 12.4. The van der Waals surface area contributed by atoms with Gasteiger partial charge in [-0.25, -0.2) is 0 Å². The highest BCUT2D eigenvalue weighted by atomic mass is 16.5. The predicted molar refractivity (Wildman–Crippen MR) is 71.0 cm³/mol. The van der Waals surface area contributed by atoms with Crippen LogP contribution >= 0.6 is 0 Å². The third-order valence-corrected chi connectivity index (χ3v) is 3.38. The Balaban J connectivity index is 2.26. The van der Waals surface area contributed by atoms with Crippen LogP contribution in [0.25, 0.3) is 0 Å². The summed E-state index contributed by atoms with van der Waals surface area (Å²) in [5.74, 6) is 0.356. The second-order valence-corrected chi connectivity index (χ2v) is 4.62. The molecule has 0 fully saturated rings. The highest BCUT2D eigenvalue weighted by Crippen LogP contribution is 2.30. The fourth-order valence-corrected chi connectivity index (χ4v) is 2.37. The van der Waals surface area contributed by atoms with Crippen molar-refractivity contribution in [3.63, 3.8) is 0 Å². The van der Waals surface area contributed by atoms with Crippen LogP contribution in [0.4, 0.5) is 0 Å². The van der Waals surface area contributed by atoms with E-state index in [1.807, 2.05) is 13.0 Å². The monoisotopic (exact) mass is 252 g/mol. The van der Waals surface area contributed by atoms with E-state index in [1.54, 1.807) is 30.3 Å². The summed E-state index contributed by atoms with van der Waals surface area (Å²) >= 11 is 0. The molecule has 0 heterocycles. The van der Waals surface area contributed by atoms with Gasteiger partial charge >= 0.3 is 0 Å². The first-order valence-corrected chi connectivity index (χ1v) is 6.00. The van der Waals surface area contributed by atoms with Crippen molar-refractivity contribution < 1.29 is 14.3 Å². The lowest BCUT2D eigenvalue weighted by Crippen LogP contribution is -2.21. The third kappa shape index (κ3) is 1.66. The van der Waals surface area contributed by atoms with Gasteiger partial charge in [0.1, 0.15) is 5.75 Å². The number of ether oxygens (including phenoxy) is 1. The second kappa shape index (κ2) is 4.05. The molecule has 2 aromatic carbocycles. The van der Waals surface area contributed by atoms with Gasteiger partial charge in [-0.2, -0.15) is 0 Å². The average molecular weight is 252 g/mol. The molecule has 94 valence electrons. The zero-order chi connectivity index (χ0) is 13.6. The highest BCUT2D eigenvalue weighted by Gasteiger charge is 2.29. The SMILES string of the molecule is COc1ccc2c(c1)C(=O)c1ccc(C)cc1C2=O. The molecule has 0 bridgehead atoms. The van der Waals surface area contributed by atoms with Gasteiger partial charge in [-0.15, -0.1) is 0 Å². The molecule has 0 aromatic heterocycles. The first-order chi connectivity index (χ1) is 9.11. The van der Waals surface area contributed by atoms with Crippen molar-refractivity contribution in [1.29, 1.82) is 0 Å². The largest absolute Gasteiger partial charge is 0.497 e. The number of aryl methyl sites for hydroxylation is 1. The van der Waals surface area contributed by atoms with Crippen LogP contribution in [0, 0.1) is 6.92 Å². The van der Waals surface area contributed by atoms with Crippen molar-refractivity contribution in [1.82, 2.24) is 0 Å². The smallest absolute Gasteiger partial charge is 0.194 e. The van der Waals surface area contributed by atoms with E-state index in [2.05, 4.69) is 0 Å². The van der Waals surface area contributed by atoms with Crippen molar-refractivity contribution in [2.45, 2.75) is 6.92 Å². The van der Waals surface area contributed by atoms with E-state index in [4.69, 9.17) is 4.74 Å². The van der Waals surface area contributed by atoms with E-state index >= 15 is 0 Å². The van der Waals surface area contributed by atoms with Crippen LogP contribution in [0.5, 0.6) is 5.75 Å². The Morgan fingerprint density at radius 1 is 0.789 bits per heavy atom. The summed E-state index contributed by atoms with van der Waals surface area (Å²) in [4.78, 5) is 24.8. The molecule has 0 saturated carbocycles. The van der Waals surface area contributed by atoms with Gasteiger partial charge in [0, 0.05) is 22.3 Å². The standard InChI is InChI=1S/C16H12O3/c1-9-3-5-11-13(7-9)15(17)12-6-4-10(19-2)8-14(12)16(11)18/h3-8H,1-2H3. The number of hydrogen-bond donors (Lipinski definition) is 0. The lowest BCUT2D eigenvalue weighted by molar-refractivity contribution is 0.0979. The number of fused-ring (bicyclic) bond motifs is 2. The molecule has 0 radical (unpaired) electrons. The van der Waals surface area contributed by atoms with E-state index in [9.17, 15) is 9.59 Å². The van der Waals surface area contributed by atoms with E-state index in [0.717, 1.165) is 5.56 Å². The molecule has 2 aromatic rings. The van der Waals surface area contributed by atoms with Gasteiger partial charge in [0.05, 0.1) is 7.11 Å². The number of rotatable bonds is 1. The Labute approximate surface area is 110 Å². The molecule has 0 N–H and O–H groups in total. The van der Waals surface area contributed by atoms with Gasteiger partial charge in [0.25, 0.3) is 0 Å². The molecule has 3 nitrogen and oxygen atoms in total. The summed E-state index contributed by atoms with van der Waals surface area (Å²) in [7, 11) is 1.54. The number of hydrogen-bond acceptors (Lipinski definition) is 3. The van der Waals surface area contributed by atoms with E-state index in [1.165, 1.54) is 7.11 Å². The van der Waals surface area contributed by atoms with Crippen LogP contribution in [0.15, 0.2) is 36.4 Å². The van der Waals surface area contributed by atoms with Gasteiger partial charge < -0.3 is 4.74 Å². The molecule has 0 aliphatic heterocycles. The minimum absolute atomic E-state index is 0.101. The summed E-state index contributed by atoms with van der Waals surface area (Å²) in [5.41, 5.74) is 2.79. The molecule has 1 aliphatic rings. The molecule has 1 aliphatic carbocycles. The van der Waals surface area contributed by atoms with Crippen LogP contribution in [0.3, 0.4) is 0 Å². The zero-order valence-corrected chi connectivity index (χ0v) is 10.7. The van der Waals surface area contributed by atoms with Crippen molar-refractivity contribution in [3.05, 3.63) is 64.2 Å². The van der Waals surface area contributed by atoms with Gasteiger partial charge in [-0.3, -0.25) is 9.59 Å². The molecule has 0 atom stereocenters. The van der Waals surface area contributed by atoms with Gasteiger partial charge in [-0.1, -0.05) is 17.7 Å². The molecule has 3 heteroatoms. The Morgan fingerprint density at radius 2 is 1.37 bits per heavy atom. The van der Waals surface area contributed by atoms with Gasteiger partial charge in [0.15, 0.2) is 11.6 Å². The number of carbonyl (C=O) groups is 2. The molecule has 0 spiro atoms. The molecule has 0 unspecified atom stereocenters. The Kier molecular flexibility index (Phi) is 2.49. The first kappa shape index (κ1) is 11.7. The third-order valence-electron chi connectivity index (χ3n) is 3.38. The molecule has 0 amide bonds. The fourth-order valence-electron chi connectivity index (χ4n) is 2.37. The minimum Gasteiger partial charge on any atom is -0.497 e. The van der Waals surface area contributed by atoms with Crippen molar-refractivity contribution in [3.8, 4) is 5.75 Å².